The predicted molar refractivity (Wildman–Crippen MR) is 101 cm³/mol. The van der Waals surface area contributed by atoms with Gasteiger partial charge in [0.25, 0.3) is 0 Å². The highest BCUT2D eigenvalue weighted by Gasteiger charge is 2.21. The van der Waals surface area contributed by atoms with Gasteiger partial charge in [-0.15, -0.1) is 24.0 Å². The zero-order valence-corrected chi connectivity index (χ0v) is 15.3. The molecule has 1 fully saturated rings. The maximum absolute atomic E-state index is 11.7. The summed E-state index contributed by atoms with van der Waals surface area (Å²) in [5, 5.41) is 9.16. The van der Waals surface area contributed by atoms with Crippen LogP contribution < -0.4 is 16.0 Å². The Balaban J connectivity index is 0.00000242. The molecule has 0 radical (unpaired) electrons. The molecule has 0 atom stereocenters. The van der Waals surface area contributed by atoms with Gasteiger partial charge in [0.05, 0.1) is 6.54 Å². The third-order valence-electron chi connectivity index (χ3n) is 3.47. The minimum atomic E-state index is -0.0136. The lowest BCUT2D eigenvalue weighted by Crippen LogP contribution is -2.44. The van der Waals surface area contributed by atoms with E-state index in [1.807, 2.05) is 18.2 Å². The van der Waals surface area contributed by atoms with Crippen LogP contribution in [0.3, 0.4) is 0 Å². The number of carbonyl (C=O) groups is 1. The molecular weight excluding hydrogens is 391 g/mol. The molecule has 0 spiro atoms. The zero-order valence-electron chi connectivity index (χ0n) is 13.0. The first-order valence-electron chi connectivity index (χ1n) is 7.53. The topological polar surface area (TPSA) is 65.5 Å². The fourth-order valence-electron chi connectivity index (χ4n) is 2.00. The summed E-state index contributed by atoms with van der Waals surface area (Å²) >= 11 is 0. The van der Waals surface area contributed by atoms with Crippen LogP contribution in [0, 0.1) is 5.92 Å². The van der Waals surface area contributed by atoms with Crippen LogP contribution >= 0.6 is 24.0 Å². The van der Waals surface area contributed by atoms with Crippen LogP contribution in [0.2, 0.25) is 0 Å². The van der Waals surface area contributed by atoms with Crippen LogP contribution in [0.25, 0.3) is 0 Å². The van der Waals surface area contributed by atoms with Gasteiger partial charge in [0, 0.05) is 20.1 Å². The standard InChI is InChI=1S/C16H24N4O.HI/c1-17-16(19-11-14-7-8-14)20-12-15(21)18-10-9-13-5-3-2-4-6-13;/h2-6,14H,7-12H2,1H3,(H,18,21)(H2,17,19,20);1H. The molecule has 1 amide bonds. The first-order valence-corrected chi connectivity index (χ1v) is 7.53. The number of nitrogens with one attached hydrogen (secondary N) is 3. The Kier molecular flexibility index (Phi) is 8.88. The minimum Gasteiger partial charge on any atom is -0.356 e. The fraction of sp³-hybridized carbons (Fsp3) is 0.500. The van der Waals surface area contributed by atoms with E-state index < -0.39 is 0 Å². The lowest BCUT2D eigenvalue weighted by atomic mass is 10.1. The summed E-state index contributed by atoms with van der Waals surface area (Å²) in [6.45, 7) is 1.84. The van der Waals surface area contributed by atoms with Crippen molar-refractivity contribution in [1.29, 1.82) is 0 Å². The van der Waals surface area contributed by atoms with E-state index in [9.17, 15) is 4.79 Å². The summed E-state index contributed by atoms with van der Waals surface area (Å²) in [6.07, 6.45) is 3.44. The van der Waals surface area contributed by atoms with Crippen molar-refractivity contribution >= 4 is 35.8 Å². The molecule has 22 heavy (non-hydrogen) atoms. The summed E-state index contributed by atoms with van der Waals surface area (Å²) in [5.41, 5.74) is 1.23. The highest BCUT2D eigenvalue weighted by molar-refractivity contribution is 14.0. The first kappa shape index (κ1) is 18.7. The first-order chi connectivity index (χ1) is 10.3. The van der Waals surface area contributed by atoms with Gasteiger partial charge in [-0.05, 0) is 30.7 Å². The second-order valence-electron chi connectivity index (χ2n) is 5.34. The number of hydrogen-bond acceptors (Lipinski definition) is 2. The Hall–Kier alpha value is -1.31. The van der Waals surface area contributed by atoms with E-state index in [1.54, 1.807) is 7.05 Å². The molecule has 0 aliphatic heterocycles. The number of guanidine groups is 1. The largest absolute Gasteiger partial charge is 0.356 e. The van der Waals surface area contributed by atoms with E-state index in [4.69, 9.17) is 0 Å². The van der Waals surface area contributed by atoms with Crippen molar-refractivity contribution in [2.24, 2.45) is 10.9 Å². The number of hydrogen-bond donors (Lipinski definition) is 3. The van der Waals surface area contributed by atoms with Gasteiger partial charge in [0.15, 0.2) is 5.96 Å². The molecule has 1 saturated carbocycles. The van der Waals surface area contributed by atoms with Crippen LogP contribution in [0.15, 0.2) is 35.3 Å². The smallest absolute Gasteiger partial charge is 0.239 e. The Labute approximate surface area is 149 Å². The van der Waals surface area contributed by atoms with E-state index in [-0.39, 0.29) is 36.4 Å². The van der Waals surface area contributed by atoms with E-state index in [2.05, 4.69) is 33.1 Å². The maximum Gasteiger partial charge on any atom is 0.239 e. The lowest BCUT2D eigenvalue weighted by molar-refractivity contribution is -0.119. The Bertz CT molecular complexity index is 474. The monoisotopic (exact) mass is 416 g/mol. The molecule has 1 aliphatic rings. The SMILES string of the molecule is CN=C(NCC(=O)NCCc1ccccc1)NCC1CC1.I. The third-order valence-corrected chi connectivity index (χ3v) is 3.47. The van der Waals surface area contributed by atoms with Crippen LogP contribution in [0.5, 0.6) is 0 Å². The molecule has 3 N–H and O–H groups in total. The van der Waals surface area contributed by atoms with Crippen molar-refractivity contribution in [3.05, 3.63) is 35.9 Å². The summed E-state index contributed by atoms with van der Waals surface area (Å²) in [4.78, 5) is 15.8. The second-order valence-corrected chi connectivity index (χ2v) is 5.34. The number of halogens is 1. The van der Waals surface area contributed by atoms with Crippen LogP contribution in [-0.4, -0.2) is 38.5 Å². The average Bonchev–Trinajstić information content (AvgIpc) is 3.33. The number of carbonyl (C=O) groups excluding carboxylic acids is 1. The van der Waals surface area contributed by atoms with Gasteiger partial charge in [-0.2, -0.15) is 0 Å². The Morgan fingerprint density at radius 2 is 1.91 bits per heavy atom. The number of amides is 1. The van der Waals surface area contributed by atoms with Crippen molar-refractivity contribution in [3.63, 3.8) is 0 Å². The molecule has 122 valence electrons. The molecule has 1 aromatic carbocycles. The van der Waals surface area contributed by atoms with Gasteiger partial charge in [0.2, 0.25) is 5.91 Å². The number of aliphatic imine (C=N–C) groups is 1. The molecule has 5 nitrogen and oxygen atoms in total. The average molecular weight is 416 g/mol. The zero-order chi connectivity index (χ0) is 14.9. The van der Waals surface area contributed by atoms with Gasteiger partial charge >= 0.3 is 0 Å². The van der Waals surface area contributed by atoms with Crippen molar-refractivity contribution in [1.82, 2.24) is 16.0 Å². The molecule has 0 unspecified atom stereocenters. The quantitative estimate of drug-likeness (QED) is 0.359. The lowest BCUT2D eigenvalue weighted by Gasteiger charge is -2.11. The molecule has 2 rings (SSSR count). The number of benzene rings is 1. The molecule has 0 bridgehead atoms. The molecule has 6 heteroatoms. The molecule has 1 aromatic rings. The second kappa shape index (κ2) is 10.4. The van der Waals surface area contributed by atoms with E-state index in [0.717, 1.165) is 18.9 Å². The van der Waals surface area contributed by atoms with Crippen LogP contribution in [0.1, 0.15) is 18.4 Å². The molecular formula is C16H25IN4O. The highest BCUT2D eigenvalue weighted by Crippen LogP contribution is 2.27. The number of rotatable bonds is 7. The molecule has 0 heterocycles. The van der Waals surface area contributed by atoms with Gasteiger partial charge in [-0.25, -0.2) is 0 Å². The van der Waals surface area contributed by atoms with Crippen molar-refractivity contribution in [3.8, 4) is 0 Å². The van der Waals surface area contributed by atoms with E-state index in [0.29, 0.717) is 12.5 Å². The van der Waals surface area contributed by atoms with Crippen LogP contribution in [-0.2, 0) is 11.2 Å². The Morgan fingerprint density at radius 3 is 2.55 bits per heavy atom. The van der Waals surface area contributed by atoms with Crippen LogP contribution in [0.4, 0.5) is 0 Å². The maximum atomic E-state index is 11.7. The normalized spacial score (nSPS) is 14.0. The Morgan fingerprint density at radius 1 is 1.18 bits per heavy atom. The fourth-order valence-corrected chi connectivity index (χ4v) is 2.00. The molecule has 0 aromatic heterocycles. The van der Waals surface area contributed by atoms with Gasteiger partial charge in [-0.1, -0.05) is 30.3 Å². The third kappa shape index (κ3) is 7.63. The highest BCUT2D eigenvalue weighted by atomic mass is 127. The summed E-state index contributed by atoms with van der Waals surface area (Å²) in [7, 11) is 1.72. The minimum absolute atomic E-state index is 0. The van der Waals surface area contributed by atoms with E-state index in [1.165, 1.54) is 18.4 Å². The number of nitrogens with zero attached hydrogens (tertiary/aromatic N) is 1. The summed E-state index contributed by atoms with van der Waals surface area (Å²) in [5.74, 6) is 1.46. The summed E-state index contributed by atoms with van der Waals surface area (Å²) < 4.78 is 0. The predicted octanol–water partition coefficient (Wildman–Crippen LogP) is 1.54. The van der Waals surface area contributed by atoms with Gasteiger partial charge < -0.3 is 16.0 Å². The van der Waals surface area contributed by atoms with E-state index >= 15 is 0 Å². The van der Waals surface area contributed by atoms with Crippen molar-refractivity contribution in [2.45, 2.75) is 19.3 Å². The molecule has 0 saturated heterocycles. The van der Waals surface area contributed by atoms with Crippen molar-refractivity contribution < 1.29 is 4.79 Å². The molecule has 1 aliphatic carbocycles. The van der Waals surface area contributed by atoms with Gasteiger partial charge in [0.1, 0.15) is 0 Å². The van der Waals surface area contributed by atoms with Gasteiger partial charge in [-0.3, -0.25) is 9.79 Å². The van der Waals surface area contributed by atoms with Crippen molar-refractivity contribution in [2.75, 3.05) is 26.7 Å². The summed E-state index contributed by atoms with van der Waals surface area (Å²) in [6, 6.07) is 10.1.